The fraction of sp³-hybridized carbons (Fsp3) is 0.250. The zero-order valence-corrected chi connectivity index (χ0v) is 13.0. The predicted molar refractivity (Wildman–Crippen MR) is 84.7 cm³/mol. The van der Waals surface area contributed by atoms with E-state index < -0.39 is 0 Å². The van der Waals surface area contributed by atoms with Gasteiger partial charge in [-0.1, -0.05) is 11.6 Å². The van der Waals surface area contributed by atoms with Gasteiger partial charge in [-0.15, -0.1) is 0 Å². The third kappa shape index (κ3) is 3.52. The molecule has 0 atom stereocenters. The quantitative estimate of drug-likeness (QED) is 0.877. The van der Waals surface area contributed by atoms with Crippen LogP contribution >= 0.6 is 11.6 Å². The standard InChI is InChI=1S/C16H18ClNO3/c1-10-6-14(16(21-3)8-13(10)17)18-9-11-4-5-12(20-2)7-15(11)19/h4-8,18-19H,9H2,1-3H3. The first-order chi connectivity index (χ1) is 10.0. The van der Waals surface area contributed by atoms with Gasteiger partial charge in [0.15, 0.2) is 0 Å². The maximum Gasteiger partial charge on any atom is 0.143 e. The lowest BCUT2D eigenvalue weighted by Crippen LogP contribution is -2.02. The summed E-state index contributed by atoms with van der Waals surface area (Å²) in [5.41, 5.74) is 2.55. The van der Waals surface area contributed by atoms with E-state index in [1.54, 1.807) is 32.4 Å². The van der Waals surface area contributed by atoms with Crippen molar-refractivity contribution >= 4 is 17.3 Å². The lowest BCUT2D eigenvalue weighted by molar-refractivity contribution is 0.406. The molecule has 0 aliphatic heterocycles. The smallest absolute Gasteiger partial charge is 0.143 e. The van der Waals surface area contributed by atoms with Crippen LogP contribution in [0.3, 0.4) is 0 Å². The van der Waals surface area contributed by atoms with Crippen molar-refractivity contribution in [2.75, 3.05) is 19.5 Å². The summed E-state index contributed by atoms with van der Waals surface area (Å²) in [5.74, 6) is 1.47. The third-order valence-corrected chi connectivity index (χ3v) is 3.65. The van der Waals surface area contributed by atoms with Crippen molar-refractivity contribution in [1.29, 1.82) is 0 Å². The van der Waals surface area contributed by atoms with Gasteiger partial charge in [-0.05, 0) is 30.7 Å². The Kier molecular flexibility index (Phi) is 4.81. The Bertz CT molecular complexity index is 644. The average Bonchev–Trinajstić information content (AvgIpc) is 2.48. The van der Waals surface area contributed by atoms with Crippen LogP contribution in [-0.4, -0.2) is 19.3 Å². The molecule has 0 aromatic heterocycles. The van der Waals surface area contributed by atoms with Gasteiger partial charge in [0, 0.05) is 29.3 Å². The number of phenols is 1. The summed E-state index contributed by atoms with van der Waals surface area (Å²) in [6.45, 7) is 2.39. The number of halogens is 1. The summed E-state index contributed by atoms with van der Waals surface area (Å²) < 4.78 is 10.4. The number of aryl methyl sites for hydroxylation is 1. The normalized spacial score (nSPS) is 10.3. The van der Waals surface area contributed by atoms with Gasteiger partial charge in [0.05, 0.1) is 19.9 Å². The molecule has 0 amide bonds. The van der Waals surface area contributed by atoms with Crippen LogP contribution in [0, 0.1) is 6.92 Å². The van der Waals surface area contributed by atoms with Crippen molar-refractivity contribution in [1.82, 2.24) is 0 Å². The maximum absolute atomic E-state index is 9.95. The summed E-state index contributed by atoms with van der Waals surface area (Å²) in [5, 5.41) is 13.9. The lowest BCUT2D eigenvalue weighted by Gasteiger charge is -2.14. The molecule has 0 fully saturated rings. The van der Waals surface area contributed by atoms with Gasteiger partial charge in [0.1, 0.15) is 17.2 Å². The van der Waals surface area contributed by atoms with Gasteiger partial charge in [-0.2, -0.15) is 0 Å². The van der Waals surface area contributed by atoms with Gasteiger partial charge >= 0.3 is 0 Å². The van der Waals surface area contributed by atoms with Gasteiger partial charge in [0.2, 0.25) is 0 Å². The molecular weight excluding hydrogens is 290 g/mol. The van der Waals surface area contributed by atoms with Crippen LogP contribution < -0.4 is 14.8 Å². The molecule has 0 bridgehead atoms. The molecule has 2 aromatic carbocycles. The monoisotopic (exact) mass is 307 g/mol. The van der Waals surface area contributed by atoms with Crippen molar-refractivity contribution in [3.8, 4) is 17.2 Å². The van der Waals surface area contributed by atoms with Crippen LogP contribution in [0.1, 0.15) is 11.1 Å². The minimum atomic E-state index is 0.187. The molecule has 2 rings (SSSR count). The van der Waals surface area contributed by atoms with Crippen molar-refractivity contribution < 1.29 is 14.6 Å². The van der Waals surface area contributed by atoms with Crippen molar-refractivity contribution in [2.45, 2.75) is 13.5 Å². The van der Waals surface area contributed by atoms with E-state index in [2.05, 4.69) is 5.32 Å². The molecule has 0 spiro atoms. The molecule has 112 valence electrons. The molecule has 0 saturated heterocycles. The van der Waals surface area contributed by atoms with Gasteiger partial charge in [-0.25, -0.2) is 0 Å². The molecule has 5 heteroatoms. The fourth-order valence-corrected chi connectivity index (χ4v) is 2.13. The number of hydrogen-bond acceptors (Lipinski definition) is 4. The van der Waals surface area contributed by atoms with E-state index in [1.165, 1.54) is 0 Å². The minimum absolute atomic E-state index is 0.187. The van der Waals surface area contributed by atoms with E-state index in [4.69, 9.17) is 21.1 Å². The Labute approximate surface area is 129 Å². The largest absolute Gasteiger partial charge is 0.507 e. The van der Waals surface area contributed by atoms with E-state index in [0.29, 0.717) is 23.1 Å². The van der Waals surface area contributed by atoms with Crippen LogP contribution in [-0.2, 0) is 6.54 Å². The molecule has 2 N–H and O–H groups in total. The summed E-state index contributed by atoms with van der Waals surface area (Å²) in [7, 11) is 3.16. The van der Waals surface area contributed by atoms with Gasteiger partial charge in [-0.3, -0.25) is 0 Å². The van der Waals surface area contributed by atoms with E-state index in [1.807, 2.05) is 19.1 Å². The number of aromatic hydroxyl groups is 1. The number of phenolic OH excluding ortho intramolecular Hbond substituents is 1. The Morgan fingerprint density at radius 3 is 2.52 bits per heavy atom. The number of nitrogens with one attached hydrogen (secondary N) is 1. The Balaban J connectivity index is 2.18. The number of methoxy groups -OCH3 is 2. The summed E-state index contributed by atoms with van der Waals surface area (Å²) in [4.78, 5) is 0. The molecular formula is C16H18ClNO3. The third-order valence-electron chi connectivity index (χ3n) is 3.24. The first-order valence-corrected chi connectivity index (χ1v) is 6.87. The van der Waals surface area contributed by atoms with Crippen molar-refractivity contribution in [2.24, 2.45) is 0 Å². The molecule has 0 unspecified atom stereocenters. The highest BCUT2D eigenvalue weighted by molar-refractivity contribution is 6.31. The Morgan fingerprint density at radius 1 is 1.14 bits per heavy atom. The average molecular weight is 308 g/mol. The van der Waals surface area contributed by atoms with Crippen molar-refractivity contribution in [3.05, 3.63) is 46.5 Å². The molecule has 21 heavy (non-hydrogen) atoms. The van der Waals surface area contributed by atoms with Crippen molar-refractivity contribution in [3.63, 3.8) is 0 Å². The molecule has 0 radical (unpaired) electrons. The highest BCUT2D eigenvalue weighted by Gasteiger charge is 2.08. The van der Waals surface area contributed by atoms with Gasteiger partial charge < -0.3 is 19.9 Å². The highest BCUT2D eigenvalue weighted by Crippen LogP contribution is 2.32. The van der Waals surface area contributed by atoms with Gasteiger partial charge in [0.25, 0.3) is 0 Å². The van der Waals surface area contributed by atoms with E-state index in [-0.39, 0.29) is 5.75 Å². The van der Waals surface area contributed by atoms with Crippen LogP contribution in [0.15, 0.2) is 30.3 Å². The van der Waals surface area contributed by atoms with Crippen LogP contribution in [0.4, 0.5) is 5.69 Å². The molecule has 0 aliphatic rings. The number of hydrogen-bond donors (Lipinski definition) is 2. The highest BCUT2D eigenvalue weighted by atomic mass is 35.5. The first kappa shape index (κ1) is 15.3. The molecule has 2 aromatic rings. The first-order valence-electron chi connectivity index (χ1n) is 6.49. The van der Waals surface area contributed by atoms with Crippen LogP contribution in [0.5, 0.6) is 17.2 Å². The maximum atomic E-state index is 9.95. The molecule has 0 saturated carbocycles. The summed E-state index contributed by atoms with van der Waals surface area (Å²) >= 11 is 6.08. The topological polar surface area (TPSA) is 50.7 Å². The van der Waals surface area contributed by atoms with E-state index >= 15 is 0 Å². The Morgan fingerprint density at radius 2 is 1.90 bits per heavy atom. The zero-order chi connectivity index (χ0) is 15.4. The minimum Gasteiger partial charge on any atom is -0.507 e. The molecule has 0 heterocycles. The molecule has 0 aliphatic carbocycles. The SMILES string of the molecule is COc1ccc(CNc2cc(C)c(Cl)cc2OC)c(O)c1. The number of ether oxygens (including phenoxy) is 2. The zero-order valence-electron chi connectivity index (χ0n) is 12.2. The Hall–Kier alpha value is -2.07. The lowest BCUT2D eigenvalue weighted by atomic mass is 10.1. The molecule has 4 nitrogen and oxygen atoms in total. The number of anilines is 1. The second-order valence-electron chi connectivity index (χ2n) is 4.65. The summed E-state index contributed by atoms with van der Waals surface area (Å²) in [6.07, 6.45) is 0. The number of benzene rings is 2. The second kappa shape index (κ2) is 6.59. The van der Waals surface area contributed by atoms with Crippen LogP contribution in [0.2, 0.25) is 5.02 Å². The predicted octanol–water partition coefficient (Wildman–Crippen LogP) is 3.98. The van der Waals surface area contributed by atoms with E-state index in [9.17, 15) is 5.11 Å². The fourth-order valence-electron chi connectivity index (χ4n) is 1.98. The van der Waals surface area contributed by atoms with Crippen LogP contribution in [0.25, 0.3) is 0 Å². The summed E-state index contributed by atoms with van der Waals surface area (Å²) in [6, 6.07) is 8.90. The van der Waals surface area contributed by atoms with E-state index in [0.717, 1.165) is 16.8 Å². The second-order valence-corrected chi connectivity index (χ2v) is 5.06. The number of rotatable bonds is 5.